The first-order valence-electron chi connectivity index (χ1n) is 16.1. The molecule has 6 nitrogen and oxygen atoms in total. The van der Waals surface area contributed by atoms with Crippen LogP contribution >= 0.6 is 0 Å². The van der Waals surface area contributed by atoms with Crippen molar-refractivity contribution in [1.82, 2.24) is 29.3 Å². The summed E-state index contributed by atoms with van der Waals surface area (Å²) in [5, 5.41) is 16.2. The molecule has 0 fully saturated rings. The van der Waals surface area contributed by atoms with Crippen molar-refractivity contribution >= 4 is 0 Å². The monoisotopic (exact) mass is 659 g/mol. The molecule has 0 aromatic carbocycles. The molecule has 0 spiro atoms. The number of aromatic nitrogens is 6. The first kappa shape index (κ1) is 40.7. The molecule has 0 unspecified atom stereocenters. The van der Waals surface area contributed by atoms with Gasteiger partial charge in [-0.1, -0.05) is 150 Å². The fraction of sp³-hybridized carbons (Fsp3) is 0.658. The van der Waals surface area contributed by atoms with Gasteiger partial charge in [-0.05, 0) is 18.2 Å². The van der Waals surface area contributed by atoms with Gasteiger partial charge in [-0.2, -0.15) is 15.3 Å². The van der Waals surface area contributed by atoms with E-state index in [1.54, 1.807) is 12.2 Å². The molecule has 253 valence electrons. The van der Waals surface area contributed by atoms with E-state index in [-0.39, 0.29) is 49.6 Å². The van der Waals surface area contributed by atoms with E-state index in [2.05, 4.69) is 170 Å². The summed E-state index contributed by atoms with van der Waals surface area (Å²) in [6.45, 7) is 47.3. The van der Waals surface area contributed by atoms with Crippen molar-refractivity contribution in [3.05, 3.63) is 77.7 Å². The largest absolute Gasteiger partial charge is 0.239 e. The van der Waals surface area contributed by atoms with Crippen LogP contribution in [0.2, 0.25) is 0 Å². The molecule has 0 N–H and O–H groups in total. The summed E-state index contributed by atoms with van der Waals surface area (Å²) in [4.78, 5) is 0. The summed E-state index contributed by atoms with van der Waals surface area (Å²) in [5.74, 6) is 0. The molecule has 3 aromatic rings. The zero-order valence-electron chi connectivity index (χ0n) is 31.9. The second-order valence-corrected chi connectivity index (χ2v) is 18.4. The summed E-state index contributed by atoms with van der Waals surface area (Å²) in [6.07, 6.45) is 2.88. The van der Waals surface area contributed by atoms with Gasteiger partial charge in [0.25, 0.3) is 0 Å². The maximum Gasteiger partial charge on any atom is 0.239 e. The molecule has 0 bridgehead atoms. The normalized spacial score (nSPS) is 13.3. The molecule has 0 saturated heterocycles. The summed E-state index contributed by atoms with van der Waals surface area (Å²) < 4.78 is 6.64. The molecule has 0 atom stereocenters. The van der Waals surface area contributed by atoms with Crippen molar-refractivity contribution in [3.63, 3.8) is 0 Å². The Labute approximate surface area is 286 Å². The van der Waals surface area contributed by atoms with E-state index >= 15 is 0 Å². The van der Waals surface area contributed by atoms with Crippen LogP contribution in [0.15, 0.2) is 43.5 Å². The van der Waals surface area contributed by atoms with E-state index in [0.717, 1.165) is 17.1 Å². The van der Waals surface area contributed by atoms with Crippen molar-refractivity contribution in [2.75, 3.05) is 0 Å². The first-order valence-corrected chi connectivity index (χ1v) is 16.1. The van der Waals surface area contributed by atoms with Crippen molar-refractivity contribution < 1.29 is 17.1 Å². The Hall–Kier alpha value is -2.37. The molecular formula is C38H64MnN6. The zero-order chi connectivity index (χ0) is 34.4. The molecule has 3 rings (SSSR count). The minimum Gasteiger partial charge on any atom is -0.223 e. The van der Waals surface area contributed by atoms with Crippen LogP contribution in [0.1, 0.15) is 165 Å². The molecule has 0 aliphatic carbocycles. The average molecular weight is 660 g/mol. The maximum absolute atomic E-state index is 5.39. The summed E-state index contributed by atoms with van der Waals surface area (Å²) in [6, 6.07) is 6.88. The summed E-state index contributed by atoms with van der Waals surface area (Å²) >= 11 is 0. The van der Waals surface area contributed by atoms with Crippen LogP contribution in [0.4, 0.5) is 0 Å². The van der Waals surface area contributed by atoms with Gasteiger partial charge < -0.3 is 0 Å². The van der Waals surface area contributed by atoms with Crippen LogP contribution in [0, 0.1) is 0 Å². The Morgan fingerprint density at radius 1 is 0.444 bits per heavy atom. The van der Waals surface area contributed by atoms with Gasteiger partial charge in [0.15, 0.2) is 0 Å². The van der Waals surface area contributed by atoms with Crippen molar-refractivity contribution in [1.29, 1.82) is 0 Å². The topological polar surface area (TPSA) is 53.5 Å². The summed E-state index contributed by atoms with van der Waals surface area (Å²) in [7, 11) is 0. The number of hydrogen-bond donors (Lipinski definition) is 0. The van der Waals surface area contributed by atoms with Gasteiger partial charge in [-0.3, -0.25) is 0 Å². The van der Waals surface area contributed by atoms with Crippen LogP contribution in [0.25, 0.3) is 0 Å². The Kier molecular flexibility index (Phi) is 12.1. The molecule has 0 saturated carbocycles. The molecular weight excluding hydrogens is 595 g/mol. The average Bonchev–Trinajstić information content (AvgIpc) is 3.54. The second-order valence-electron chi connectivity index (χ2n) is 18.4. The molecule has 0 aliphatic heterocycles. The van der Waals surface area contributed by atoms with E-state index in [0.29, 0.717) is 0 Å². The zero-order valence-corrected chi connectivity index (χ0v) is 33.1. The fourth-order valence-corrected chi connectivity index (χ4v) is 4.80. The predicted octanol–water partition coefficient (Wildman–Crippen LogP) is 9.97. The SMILES string of the molecule is C=CC=C.CC(C)(C)c1cc(C(C)(C)C)n(C(n2nc(C(C)(C)C)cc2C(C)(C)C)n2nc(C(C)(C)C)cc2C(C)(C)C)n1.[Mn]. The Bertz CT molecular complexity index is 1270. The van der Waals surface area contributed by atoms with Crippen LogP contribution in [0.5, 0.6) is 0 Å². The molecule has 7 heteroatoms. The van der Waals surface area contributed by atoms with Gasteiger partial charge in [-0.25, -0.2) is 14.0 Å². The number of nitrogens with zero attached hydrogens (tertiary/aromatic N) is 6. The Balaban J connectivity index is 0.00000191. The predicted molar refractivity (Wildman–Crippen MR) is 189 cm³/mol. The quantitative estimate of drug-likeness (QED) is 0.207. The minimum atomic E-state index is -0.402. The van der Waals surface area contributed by atoms with Crippen LogP contribution < -0.4 is 0 Å². The van der Waals surface area contributed by atoms with Gasteiger partial charge in [0.2, 0.25) is 6.29 Å². The third-order valence-electron chi connectivity index (χ3n) is 7.64. The molecule has 0 aliphatic rings. The molecule has 3 aromatic heterocycles. The fourth-order valence-electron chi connectivity index (χ4n) is 4.80. The summed E-state index contributed by atoms with van der Waals surface area (Å²) in [5.41, 5.74) is 6.00. The van der Waals surface area contributed by atoms with E-state index in [1.165, 1.54) is 17.1 Å². The first-order chi connectivity index (χ1) is 19.5. The number of allylic oxidation sites excluding steroid dienone is 2. The van der Waals surface area contributed by atoms with Crippen LogP contribution in [-0.2, 0) is 49.6 Å². The third kappa shape index (κ3) is 9.58. The molecule has 1 radical (unpaired) electrons. The minimum absolute atomic E-state index is 0. The van der Waals surface area contributed by atoms with Gasteiger partial charge in [0.05, 0.1) is 17.1 Å². The van der Waals surface area contributed by atoms with Gasteiger partial charge >= 0.3 is 0 Å². The Morgan fingerprint density at radius 3 is 0.778 bits per heavy atom. The van der Waals surface area contributed by atoms with Gasteiger partial charge in [0, 0.05) is 66.6 Å². The van der Waals surface area contributed by atoms with E-state index < -0.39 is 6.29 Å². The van der Waals surface area contributed by atoms with E-state index in [9.17, 15) is 0 Å². The molecule has 0 amide bonds. The number of hydrogen-bond acceptors (Lipinski definition) is 3. The van der Waals surface area contributed by atoms with Crippen molar-refractivity contribution in [2.24, 2.45) is 0 Å². The van der Waals surface area contributed by atoms with Crippen molar-refractivity contribution in [3.8, 4) is 0 Å². The molecule has 45 heavy (non-hydrogen) atoms. The van der Waals surface area contributed by atoms with Crippen LogP contribution in [-0.4, -0.2) is 29.3 Å². The smallest absolute Gasteiger partial charge is 0.223 e. The second kappa shape index (κ2) is 13.4. The number of rotatable bonds is 4. The molecule has 3 heterocycles. The van der Waals surface area contributed by atoms with E-state index in [4.69, 9.17) is 15.3 Å². The van der Waals surface area contributed by atoms with E-state index in [1.807, 2.05) is 0 Å². The van der Waals surface area contributed by atoms with Crippen molar-refractivity contribution in [2.45, 2.75) is 163 Å². The third-order valence-corrected chi connectivity index (χ3v) is 7.64. The van der Waals surface area contributed by atoms with Crippen LogP contribution in [0.3, 0.4) is 0 Å². The Morgan fingerprint density at radius 2 is 0.644 bits per heavy atom. The van der Waals surface area contributed by atoms with Gasteiger partial charge in [-0.15, -0.1) is 0 Å². The maximum atomic E-state index is 5.39. The standard InChI is InChI=1S/C34H58N6.C4H6.Mn/c1-29(2,3)22-19-25(32(10,11)12)38(35-22)28(39-26(33(13,14)15)20-23(36-39)30(4,5)6)40-27(34(16,17)18)21-24(37-40)31(7,8)9;1-3-4-2;/h19-21,28H,1-18H3;3-4H,1-2H2;. The van der Waals surface area contributed by atoms with Gasteiger partial charge in [0.1, 0.15) is 0 Å².